The van der Waals surface area contributed by atoms with E-state index >= 15 is 0 Å². The van der Waals surface area contributed by atoms with E-state index in [1.807, 2.05) is 19.9 Å². The van der Waals surface area contributed by atoms with Crippen molar-refractivity contribution < 1.29 is 28.9 Å². The molecule has 3 rings (SSSR count). The fraction of sp³-hybridized carbons (Fsp3) is 0.360. The third-order valence-corrected chi connectivity index (χ3v) is 5.31. The minimum absolute atomic E-state index is 0.0539. The van der Waals surface area contributed by atoms with E-state index in [0.717, 1.165) is 0 Å². The van der Waals surface area contributed by atoms with Gasteiger partial charge in [-0.3, -0.25) is 9.59 Å². The number of nitrogens with zero attached hydrogens (tertiary/aromatic N) is 1. The molecule has 1 aliphatic heterocycles. The summed E-state index contributed by atoms with van der Waals surface area (Å²) in [6, 6.07) is 13.1. The molecule has 0 bridgehead atoms. The van der Waals surface area contributed by atoms with E-state index < -0.39 is 17.7 Å². The molecule has 7 nitrogen and oxygen atoms in total. The molecule has 1 heterocycles. The van der Waals surface area contributed by atoms with Gasteiger partial charge in [-0.1, -0.05) is 12.1 Å². The van der Waals surface area contributed by atoms with Gasteiger partial charge in [0.2, 0.25) is 0 Å². The molecule has 7 heteroatoms. The van der Waals surface area contributed by atoms with Crippen molar-refractivity contribution in [2.24, 2.45) is 0 Å². The number of likely N-dealkylation sites (tertiary alicyclic amines) is 1. The molecule has 2 aromatic carbocycles. The molecule has 0 radical (unpaired) electrons. The maximum absolute atomic E-state index is 13.0. The molecule has 0 spiro atoms. The van der Waals surface area contributed by atoms with Gasteiger partial charge in [0, 0.05) is 18.7 Å². The van der Waals surface area contributed by atoms with Crippen LogP contribution in [0.2, 0.25) is 0 Å². The van der Waals surface area contributed by atoms with E-state index in [1.165, 1.54) is 4.90 Å². The maximum atomic E-state index is 13.0. The van der Waals surface area contributed by atoms with Gasteiger partial charge in [-0.2, -0.15) is 0 Å². The number of rotatable bonds is 9. The predicted octanol–water partition coefficient (Wildman–Crippen LogP) is 3.94. The summed E-state index contributed by atoms with van der Waals surface area (Å²) in [6.45, 7) is 4.66. The fourth-order valence-corrected chi connectivity index (χ4v) is 3.73. The SMILES string of the molecule is COc1ccc(/C(O)=C2/C(=O)C(=O)N(CCCOC(C)C)C2c2cccc(OC)c2)cc1. The Morgan fingerprint density at radius 2 is 1.72 bits per heavy atom. The Morgan fingerprint density at radius 3 is 2.34 bits per heavy atom. The number of ether oxygens (including phenoxy) is 3. The van der Waals surface area contributed by atoms with E-state index in [0.29, 0.717) is 42.2 Å². The van der Waals surface area contributed by atoms with Crippen LogP contribution in [0.5, 0.6) is 11.5 Å². The number of methoxy groups -OCH3 is 2. The van der Waals surface area contributed by atoms with Gasteiger partial charge in [0.05, 0.1) is 31.9 Å². The van der Waals surface area contributed by atoms with Crippen LogP contribution in [0.1, 0.15) is 37.4 Å². The van der Waals surface area contributed by atoms with Crippen molar-refractivity contribution in [3.05, 3.63) is 65.2 Å². The largest absolute Gasteiger partial charge is 0.507 e. The van der Waals surface area contributed by atoms with Crippen LogP contribution in [0.15, 0.2) is 54.1 Å². The zero-order chi connectivity index (χ0) is 23.3. The lowest BCUT2D eigenvalue weighted by Gasteiger charge is -2.25. The molecule has 1 unspecified atom stereocenters. The van der Waals surface area contributed by atoms with Crippen molar-refractivity contribution in [3.63, 3.8) is 0 Å². The first-order valence-corrected chi connectivity index (χ1v) is 10.6. The third kappa shape index (κ3) is 4.94. The van der Waals surface area contributed by atoms with Crippen molar-refractivity contribution >= 4 is 17.4 Å². The normalized spacial score (nSPS) is 17.8. The minimum atomic E-state index is -0.730. The molecule has 1 fully saturated rings. The monoisotopic (exact) mass is 439 g/mol. The van der Waals surface area contributed by atoms with Gasteiger partial charge in [0.15, 0.2) is 0 Å². The molecular formula is C25H29NO6. The van der Waals surface area contributed by atoms with Crippen molar-refractivity contribution in [3.8, 4) is 11.5 Å². The molecule has 1 saturated heterocycles. The van der Waals surface area contributed by atoms with Crippen molar-refractivity contribution in [2.45, 2.75) is 32.4 Å². The molecule has 1 atom stereocenters. The summed E-state index contributed by atoms with van der Waals surface area (Å²) in [5.41, 5.74) is 1.17. The van der Waals surface area contributed by atoms with Gasteiger partial charge in [-0.15, -0.1) is 0 Å². The summed E-state index contributed by atoms with van der Waals surface area (Å²) in [5.74, 6) is -0.356. The highest BCUT2D eigenvalue weighted by atomic mass is 16.5. The van der Waals surface area contributed by atoms with Gasteiger partial charge in [-0.25, -0.2) is 0 Å². The summed E-state index contributed by atoms with van der Waals surface area (Å²) in [6.07, 6.45) is 0.642. The van der Waals surface area contributed by atoms with Gasteiger partial charge >= 0.3 is 0 Å². The number of aliphatic hydroxyl groups is 1. The van der Waals surface area contributed by atoms with Crippen LogP contribution in [0.25, 0.3) is 5.76 Å². The smallest absolute Gasteiger partial charge is 0.295 e. The van der Waals surface area contributed by atoms with Crippen molar-refractivity contribution in [1.29, 1.82) is 0 Å². The molecule has 170 valence electrons. The number of carbonyl (C=O) groups is 2. The van der Waals surface area contributed by atoms with Crippen LogP contribution in [0, 0.1) is 0 Å². The lowest BCUT2D eigenvalue weighted by atomic mass is 9.95. The number of benzene rings is 2. The second-order valence-electron chi connectivity index (χ2n) is 7.77. The average molecular weight is 440 g/mol. The van der Waals surface area contributed by atoms with Crippen molar-refractivity contribution in [2.75, 3.05) is 27.4 Å². The molecule has 0 aromatic heterocycles. The zero-order valence-corrected chi connectivity index (χ0v) is 18.8. The van der Waals surface area contributed by atoms with Gasteiger partial charge in [-0.05, 0) is 62.2 Å². The highest BCUT2D eigenvalue weighted by Crippen LogP contribution is 2.40. The first kappa shape index (κ1) is 23.3. The second-order valence-corrected chi connectivity index (χ2v) is 7.77. The Hall–Kier alpha value is -3.32. The summed E-state index contributed by atoms with van der Waals surface area (Å²) in [4.78, 5) is 27.5. The Balaban J connectivity index is 2.04. The quantitative estimate of drug-likeness (QED) is 0.276. The summed E-state index contributed by atoms with van der Waals surface area (Å²) >= 11 is 0. The summed E-state index contributed by atoms with van der Waals surface area (Å²) < 4.78 is 16.1. The van der Waals surface area contributed by atoms with Crippen molar-refractivity contribution in [1.82, 2.24) is 4.90 Å². The van der Waals surface area contributed by atoms with E-state index in [2.05, 4.69) is 0 Å². The number of aliphatic hydroxyl groups excluding tert-OH is 1. The van der Waals surface area contributed by atoms with Gasteiger partial charge in [0.1, 0.15) is 17.3 Å². The molecule has 1 aliphatic rings. The van der Waals surface area contributed by atoms with Gasteiger partial charge in [0.25, 0.3) is 11.7 Å². The van der Waals surface area contributed by atoms with Crippen LogP contribution in [0.3, 0.4) is 0 Å². The standard InChI is InChI=1S/C25H29NO6/c1-16(2)32-14-6-13-26-22(18-7-5-8-20(15-18)31-4)21(24(28)25(26)29)23(27)17-9-11-19(30-3)12-10-17/h5,7-12,15-16,22,27H,6,13-14H2,1-4H3/b23-21-. The minimum Gasteiger partial charge on any atom is -0.507 e. The van der Waals surface area contributed by atoms with Crippen LogP contribution >= 0.6 is 0 Å². The first-order chi connectivity index (χ1) is 15.4. The van der Waals surface area contributed by atoms with Crippen LogP contribution < -0.4 is 9.47 Å². The van der Waals surface area contributed by atoms with E-state index in [9.17, 15) is 14.7 Å². The van der Waals surface area contributed by atoms with E-state index in [-0.39, 0.29) is 17.4 Å². The lowest BCUT2D eigenvalue weighted by Crippen LogP contribution is -2.31. The van der Waals surface area contributed by atoms with E-state index in [4.69, 9.17) is 14.2 Å². The summed E-state index contributed by atoms with van der Waals surface area (Å²) in [5, 5.41) is 11.1. The van der Waals surface area contributed by atoms with Crippen LogP contribution in [-0.4, -0.2) is 55.2 Å². The average Bonchev–Trinajstić information content (AvgIpc) is 3.06. The Kier molecular flexibility index (Phi) is 7.53. The molecule has 0 aliphatic carbocycles. The lowest BCUT2D eigenvalue weighted by molar-refractivity contribution is -0.140. The Bertz CT molecular complexity index is 996. The molecule has 1 N–H and O–H groups in total. The highest BCUT2D eigenvalue weighted by Gasteiger charge is 2.45. The molecular weight excluding hydrogens is 410 g/mol. The molecule has 1 amide bonds. The zero-order valence-electron chi connectivity index (χ0n) is 18.8. The predicted molar refractivity (Wildman–Crippen MR) is 121 cm³/mol. The third-order valence-electron chi connectivity index (χ3n) is 5.31. The number of Topliss-reactive ketones (excluding diaryl/α,β-unsaturated/α-hetero) is 1. The molecule has 2 aromatic rings. The number of carbonyl (C=O) groups excluding carboxylic acids is 2. The number of hydrogen-bond acceptors (Lipinski definition) is 6. The topological polar surface area (TPSA) is 85.3 Å². The number of ketones is 1. The maximum Gasteiger partial charge on any atom is 0.295 e. The highest BCUT2D eigenvalue weighted by molar-refractivity contribution is 6.46. The summed E-state index contributed by atoms with van der Waals surface area (Å²) in [7, 11) is 3.10. The molecule has 0 saturated carbocycles. The second kappa shape index (κ2) is 10.3. The van der Waals surface area contributed by atoms with E-state index in [1.54, 1.807) is 56.7 Å². The van der Waals surface area contributed by atoms with Crippen LogP contribution in [-0.2, 0) is 14.3 Å². The first-order valence-electron chi connectivity index (χ1n) is 10.6. The fourth-order valence-electron chi connectivity index (χ4n) is 3.73. The molecule has 32 heavy (non-hydrogen) atoms. The number of hydrogen-bond donors (Lipinski definition) is 1. The number of amides is 1. The van der Waals surface area contributed by atoms with Crippen LogP contribution in [0.4, 0.5) is 0 Å². The Labute approximate surface area is 188 Å². The Morgan fingerprint density at radius 1 is 1.03 bits per heavy atom. The van der Waals surface area contributed by atoms with Gasteiger partial charge < -0.3 is 24.2 Å².